The standard InChI is InChI=1S/C45H32N2/c1-45(2)39-17-9-6-14-33(39)36-28-32(22-23-40(36)45)47-42-19-11-8-16-35(42)38-27-30(21-25-44(38)47)29-20-24-43-37(26-29)34-15-7-10-18-41(34)46(43)31-12-4-3-5-13-31/h3-28H,1-2H3/i6D,9D,14D,17D,22D,23D,28D. The van der Waals surface area contributed by atoms with E-state index < -0.39 is 5.41 Å². The van der Waals surface area contributed by atoms with Gasteiger partial charge in [0.2, 0.25) is 0 Å². The molecule has 1 aliphatic rings. The summed E-state index contributed by atoms with van der Waals surface area (Å²) in [5.41, 5.74) is 7.46. The van der Waals surface area contributed by atoms with Crippen molar-refractivity contribution in [3.8, 4) is 33.6 Å². The zero-order valence-corrected chi connectivity index (χ0v) is 25.9. The lowest BCUT2D eigenvalue weighted by Gasteiger charge is -2.21. The first kappa shape index (κ1) is 20.3. The van der Waals surface area contributed by atoms with E-state index in [1.807, 2.05) is 54.8 Å². The number of benzene rings is 7. The Labute approximate surface area is 283 Å². The van der Waals surface area contributed by atoms with E-state index in [2.05, 4.69) is 83.4 Å². The van der Waals surface area contributed by atoms with Crippen LogP contribution >= 0.6 is 0 Å². The molecule has 0 spiro atoms. The van der Waals surface area contributed by atoms with Gasteiger partial charge < -0.3 is 9.13 Å². The van der Waals surface area contributed by atoms with Crippen LogP contribution in [-0.2, 0) is 5.41 Å². The molecule has 0 saturated carbocycles. The van der Waals surface area contributed by atoms with Crippen LogP contribution in [0.4, 0.5) is 0 Å². The lowest BCUT2D eigenvalue weighted by molar-refractivity contribution is 0.660. The normalized spacial score (nSPS) is 15.6. The maximum Gasteiger partial charge on any atom is 0.0652 e. The molecule has 0 unspecified atom stereocenters. The summed E-state index contributed by atoms with van der Waals surface area (Å²) in [4.78, 5) is 0. The Morgan fingerprint density at radius 2 is 1.00 bits per heavy atom. The summed E-state index contributed by atoms with van der Waals surface area (Å²) in [5, 5.41) is 4.18. The third-order valence-electron chi connectivity index (χ3n) is 9.90. The van der Waals surface area contributed by atoms with Crippen molar-refractivity contribution in [1.29, 1.82) is 0 Å². The van der Waals surface area contributed by atoms with Crippen LogP contribution in [0.1, 0.15) is 34.6 Å². The average molecular weight is 608 g/mol. The molecular weight excluding hydrogens is 569 g/mol. The fourth-order valence-electron chi connectivity index (χ4n) is 7.66. The first-order valence-electron chi connectivity index (χ1n) is 19.4. The lowest BCUT2D eigenvalue weighted by Crippen LogP contribution is -2.14. The summed E-state index contributed by atoms with van der Waals surface area (Å²) >= 11 is 0. The smallest absolute Gasteiger partial charge is 0.0652 e. The molecular formula is C45H32N2. The van der Waals surface area contributed by atoms with Gasteiger partial charge in [0.1, 0.15) is 0 Å². The molecule has 0 N–H and O–H groups in total. The van der Waals surface area contributed by atoms with Gasteiger partial charge in [0.05, 0.1) is 31.7 Å². The summed E-state index contributed by atoms with van der Waals surface area (Å²) in [5.74, 6) is 0. The van der Waals surface area contributed by atoms with Crippen LogP contribution in [0.15, 0.2) is 158 Å². The predicted molar refractivity (Wildman–Crippen MR) is 198 cm³/mol. The van der Waals surface area contributed by atoms with Crippen LogP contribution < -0.4 is 0 Å². The summed E-state index contributed by atoms with van der Waals surface area (Å²) in [6, 6.07) is 38.2. The number of rotatable bonds is 3. The minimum Gasteiger partial charge on any atom is -0.309 e. The van der Waals surface area contributed by atoms with E-state index in [1.165, 1.54) is 5.39 Å². The molecule has 2 heteroatoms. The topological polar surface area (TPSA) is 9.86 Å². The summed E-state index contributed by atoms with van der Waals surface area (Å²) < 4.78 is 67.2. The first-order valence-corrected chi connectivity index (χ1v) is 15.9. The highest BCUT2D eigenvalue weighted by atomic mass is 15.0. The van der Waals surface area contributed by atoms with Crippen LogP contribution in [0, 0.1) is 0 Å². The van der Waals surface area contributed by atoms with Crippen LogP contribution in [0.3, 0.4) is 0 Å². The van der Waals surface area contributed by atoms with Gasteiger partial charge in [0.25, 0.3) is 0 Å². The fraction of sp³-hybridized carbons (Fsp3) is 0.0667. The van der Waals surface area contributed by atoms with Gasteiger partial charge in [0.15, 0.2) is 0 Å². The third-order valence-corrected chi connectivity index (χ3v) is 9.90. The minimum atomic E-state index is -1.01. The van der Waals surface area contributed by atoms with E-state index in [9.17, 15) is 4.11 Å². The zero-order chi connectivity index (χ0) is 37.4. The van der Waals surface area contributed by atoms with E-state index in [0.717, 1.165) is 55.0 Å². The molecule has 2 nitrogen and oxygen atoms in total. The monoisotopic (exact) mass is 607 g/mol. The number of nitrogens with zero attached hydrogens (tertiary/aromatic N) is 2. The van der Waals surface area contributed by atoms with Crippen molar-refractivity contribution >= 4 is 43.6 Å². The number of hydrogen-bond acceptors (Lipinski definition) is 0. The minimum absolute atomic E-state index is 0.0326. The van der Waals surface area contributed by atoms with E-state index >= 15 is 0 Å². The van der Waals surface area contributed by atoms with Gasteiger partial charge in [-0.25, -0.2) is 0 Å². The van der Waals surface area contributed by atoms with Crippen molar-refractivity contribution in [2.24, 2.45) is 0 Å². The van der Waals surface area contributed by atoms with Crippen LogP contribution in [0.5, 0.6) is 0 Å². The van der Waals surface area contributed by atoms with Crippen molar-refractivity contribution in [3.05, 3.63) is 169 Å². The molecule has 9 aromatic rings. The highest BCUT2D eigenvalue weighted by Gasteiger charge is 2.35. The molecule has 1 aliphatic carbocycles. The highest BCUT2D eigenvalue weighted by Crippen LogP contribution is 2.49. The lowest BCUT2D eigenvalue weighted by atomic mass is 9.82. The van der Waals surface area contributed by atoms with Gasteiger partial charge in [-0.2, -0.15) is 0 Å². The maximum absolute atomic E-state index is 9.70. The third kappa shape index (κ3) is 3.67. The molecule has 0 bridgehead atoms. The fourth-order valence-corrected chi connectivity index (χ4v) is 7.66. The number of aromatic nitrogens is 2. The highest BCUT2D eigenvalue weighted by molar-refractivity contribution is 6.12. The molecule has 0 atom stereocenters. The van der Waals surface area contributed by atoms with Crippen molar-refractivity contribution in [2.75, 3.05) is 0 Å². The summed E-state index contributed by atoms with van der Waals surface area (Å²) in [6.07, 6.45) is 0. The van der Waals surface area contributed by atoms with Gasteiger partial charge in [-0.15, -0.1) is 0 Å². The van der Waals surface area contributed by atoms with Crippen molar-refractivity contribution < 1.29 is 9.60 Å². The van der Waals surface area contributed by atoms with E-state index in [0.29, 0.717) is 16.7 Å². The van der Waals surface area contributed by atoms with E-state index in [1.54, 1.807) is 0 Å². The maximum atomic E-state index is 9.70. The Bertz CT molecular complexity index is 3100. The molecule has 0 radical (unpaired) electrons. The van der Waals surface area contributed by atoms with Crippen molar-refractivity contribution in [2.45, 2.75) is 19.3 Å². The van der Waals surface area contributed by atoms with Gasteiger partial charge in [-0.05, 0) is 94.0 Å². The largest absolute Gasteiger partial charge is 0.309 e. The molecule has 2 aromatic heterocycles. The van der Waals surface area contributed by atoms with E-state index in [-0.39, 0.29) is 53.5 Å². The molecule has 0 amide bonds. The Hall–Kier alpha value is -5.86. The van der Waals surface area contributed by atoms with Crippen LogP contribution in [0.25, 0.3) is 77.2 Å². The second kappa shape index (κ2) is 9.57. The number of para-hydroxylation sites is 3. The van der Waals surface area contributed by atoms with Crippen LogP contribution in [-0.4, -0.2) is 9.13 Å². The molecule has 0 saturated heterocycles. The second-order valence-electron chi connectivity index (χ2n) is 12.9. The molecule has 7 aromatic carbocycles. The molecule has 0 fully saturated rings. The molecule has 0 aliphatic heterocycles. The van der Waals surface area contributed by atoms with E-state index in [4.69, 9.17) is 5.48 Å². The Balaban J connectivity index is 1.21. The Kier molecular flexibility index (Phi) is 4.14. The summed E-state index contributed by atoms with van der Waals surface area (Å²) in [7, 11) is 0. The summed E-state index contributed by atoms with van der Waals surface area (Å²) in [6.45, 7) is 3.63. The van der Waals surface area contributed by atoms with Gasteiger partial charge in [-0.3, -0.25) is 0 Å². The molecule has 47 heavy (non-hydrogen) atoms. The SMILES string of the molecule is [2H]c1c([2H])c([2H])c2c(c1[2H])-c1c([2H])c(-n3c4ccccc4c4cc(-c5ccc6c(c5)c5ccccc5n6-c5ccccc5)ccc43)c([2H])c([2H])c1C2(C)C. The van der Waals surface area contributed by atoms with Crippen molar-refractivity contribution in [1.82, 2.24) is 9.13 Å². The molecule has 10 rings (SSSR count). The van der Waals surface area contributed by atoms with Crippen molar-refractivity contribution in [3.63, 3.8) is 0 Å². The Morgan fingerprint density at radius 1 is 0.468 bits per heavy atom. The second-order valence-corrected chi connectivity index (χ2v) is 12.9. The van der Waals surface area contributed by atoms with Crippen LogP contribution in [0.2, 0.25) is 0 Å². The zero-order valence-electron chi connectivity index (χ0n) is 32.9. The number of hydrogen-bond donors (Lipinski definition) is 0. The molecule has 222 valence electrons. The van der Waals surface area contributed by atoms with Gasteiger partial charge >= 0.3 is 0 Å². The quantitative estimate of drug-likeness (QED) is 0.189. The predicted octanol–water partition coefficient (Wildman–Crippen LogP) is 11.9. The first-order chi connectivity index (χ1) is 26.0. The molecule has 2 heterocycles. The average Bonchev–Trinajstić information content (AvgIpc) is 3.78. The Morgan fingerprint density at radius 3 is 1.66 bits per heavy atom. The van der Waals surface area contributed by atoms with Gasteiger partial charge in [0, 0.05) is 38.3 Å². The number of fused-ring (bicyclic) bond motifs is 9. The van der Waals surface area contributed by atoms with Gasteiger partial charge in [-0.1, -0.05) is 111 Å².